The van der Waals surface area contributed by atoms with Crippen molar-refractivity contribution in [2.24, 2.45) is 0 Å². The van der Waals surface area contributed by atoms with Crippen LogP contribution in [0.25, 0.3) is 5.69 Å². The van der Waals surface area contributed by atoms with Crippen molar-refractivity contribution in [2.75, 3.05) is 32.7 Å². The fourth-order valence-electron chi connectivity index (χ4n) is 3.06. The minimum Gasteiger partial charge on any atom is -0.392 e. The number of aromatic nitrogens is 4. The first-order valence-electron chi connectivity index (χ1n) is 8.64. The predicted octanol–water partition coefficient (Wildman–Crippen LogP) is 0.120. The van der Waals surface area contributed by atoms with E-state index in [1.165, 1.54) is 0 Å². The lowest BCUT2D eigenvalue weighted by Gasteiger charge is -2.35. The van der Waals surface area contributed by atoms with E-state index in [1.807, 2.05) is 35.2 Å². The van der Waals surface area contributed by atoms with Gasteiger partial charge in [0, 0.05) is 45.6 Å². The molecule has 1 aromatic carbocycles. The van der Waals surface area contributed by atoms with Crippen LogP contribution in [0.1, 0.15) is 19.2 Å². The Balaban J connectivity index is 1.52. The van der Waals surface area contributed by atoms with Crippen LogP contribution in [-0.4, -0.2) is 79.8 Å². The molecule has 134 valence electrons. The van der Waals surface area contributed by atoms with Gasteiger partial charge in [-0.2, -0.15) is 4.68 Å². The SMILES string of the molecule is C[C@@H](O)CN1CCN(C(=O)CCc2nnnn2-c2ccccc2)CC1. The van der Waals surface area contributed by atoms with Crippen LogP contribution in [-0.2, 0) is 11.2 Å². The van der Waals surface area contributed by atoms with E-state index in [-0.39, 0.29) is 12.0 Å². The minimum absolute atomic E-state index is 0.124. The van der Waals surface area contributed by atoms with Crippen molar-refractivity contribution in [1.82, 2.24) is 30.0 Å². The number of aryl methyl sites for hydroxylation is 1. The number of amides is 1. The number of β-amino-alcohol motifs (C(OH)–C–C–N with tert-alkyl or cyclic N) is 1. The Morgan fingerprint density at radius 3 is 2.60 bits per heavy atom. The fraction of sp³-hybridized carbons (Fsp3) is 0.529. The van der Waals surface area contributed by atoms with Gasteiger partial charge >= 0.3 is 0 Å². The number of aliphatic hydroxyl groups excluding tert-OH is 1. The molecule has 0 radical (unpaired) electrons. The Labute approximate surface area is 147 Å². The molecular formula is C17H24N6O2. The van der Waals surface area contributed by atoms with Gasteiger partial charge in [-0.25, -0.2) is 0 Å². The molecule has 1 amide bonds. The van der Waals surface area contributed by atoms with E-state index < -0.39 is 0 Å². The molecule has 1 aliphatic heterocycles. The first kappa shape index (κ1) is 17.5. The molecule has 8 nitrogen and oxygen atoms in total. The first-order chi connectivity index (χ1) is 12.1. The number of carbonyl (C=O) groups is 1. The second-order valence-corrected chi connectivity index (χ2v) is 6.37. The Kier molecular flexibility index (Phi) is 5.72. The number of carbonyl (C=O) groups excluding carboxylic acids is 1. The summed E-state index contributed by atoms with van der Waals surface area (Å²) in [4.78, 5) is 16.5. The van der Waals surface area contributed by atoms with Crippen molar-refractivity contribution in [3.05, 3.63) is 36.2 Å². The number of hydrogen-bond donors (Lipinski definition) is 1. The maximum atomic E-state index is 12.5. The van der Waals surface area contributed by atoms with Crippen LogP contribution in [0, 0.1) is 0 Å². The molecule has 0 spiro atoms. The van der Waals surface area contributed by atoms with Gasteiger partial charge in [0.2, 0.25) is 5.91 Å². The second kappa shape index (κ2) is 8.17. The number of aliphatic hydroxyl groups is 1. The number of nitrogens with zero attached hydrogens (tertiary/aromatic N) is 6. The van der Waals surface area contributed by atoms with Crippen LogP contribution in [0.5, 0.6) is 0 Å². The van der Waals surface area contributed by atoms with Crippen molar-refractivity contribution in [3.8, 4) is 5.69 Å². The molecule has 0 aliphatic carbocycles. The number of piperazine rings is 1. The van der Waals surface area contributed by atoms with Crippen LogP contribution in [0.4, 0.5) is 0 Å². The Morgan fingerprint density at radius 2 is 1.92 bits per heavy atom. The molecule has 2 aromatic rings. The smallest absolute Gasteiger partial charge is 0.223 e. The van der Waals surface area contributed by atoms with E-state index in [4.69, 9.17) is 0 Å². The summed E-state index contributed by atoms with van der Waals surface area (Å²) < 4.78 is 1.67. The molecule has 3 rings (SSSR count). The van der Waals surface area contributed by atoms with Gasteiger partial charge in [0.1, 0.15) is 0 Å². The number of benzene rings is 1. The quantitative estimate of drug-likeness (QED) is 0.801. The first-order valence-corrected chi connectivity index (χ1v) is 8.64. The van der Waals surface area contributed by atoms with Gasteiger partial charge in [-0.15, -0.1) is 5.10 Å². The van der Waals surface area contributed by atoms with Gasteiger partial charge in [0.25, 0.3) is 0 Å². The highest BCUT2D eigenvalue weighted by Gasteiger charge is 2.22. The third-order valence-corrected chi connectivity index (χ3v) is 4.34. The number of tetrazole rings is 1. The molecule has 1 aliphatic rings. The minimum atomic E-state index is -0.334. The van der Waals surface area contributed by atoms with Crippen LogP contribution < -0.4 is 0 Å². The topological polar surface area (TPSA) is 87.4 Å². The Bertz CT molecular complexity index is 679. The summed E-state index contributed by atoms with van der Waals surface area (Å²) in [7, 11) is 0. The number of hydrogen-bond acceptors (Lipinski definition) is 6. The maximum Gasteiger partial charge on any atom is 0.223 e. The van der Waals surface area contributed by atoms with Gasteiger partial charge < -0.3 is 10.0 Å². The molecule has 0 bridgehead atoms. The molecular weight excluding hydrogens is 320 g/mol. The lowest BCUT2D eigenvalue weighted by Crippen LogP contribution is -2.50. The van der Waals surface area contributed by atoms with Crippen LogP contribution in [0.2, 0.25) is 0 Å². The third-order valence-electron chi connectivity index (χ3n) is 4.34. The van der Waals surface area contributed by atoms with Crippen molar-refractivity contribution in [1.29, 1.82) is 0 Å². The van der Waals surface area contributed by atoms with Crippen molar-refractivity contribution in [3.63, 3.8) is 0 Å². The summed E-state index contributed by atoms with van der Waals surface area (Å²) in [5.74, 6) is 0.812. The number of para-hydroxylation sites is 1. The van der Waals surface area contributed by atoms with E-state index in [1.54, 1.807) is 11.6 Å². The molecule has 1 atom stereocenters. The van der Waals surface area contributed by atoms with Gasteiger partial charge in [-0.05, 0) is 29.5 Å². The highest BCUT2D eigenvalue weighted by atomic mass is 16.3. The largest absolute Gasteiger partial charge is 0.392 e. The van der Waals surface area contributed by atoms with Gasteiger partial charge in [0.15, 0.2) is 5.82 Å². The zero-order valence-corrected chi connectivity index (χ0v) is 14.5. The fourth-order valence-corrected chi connectivity index (χ4v) is 3.06. The molecule has 2 heterocycles. The summed E-state index contributed by atoms with van der Waals surface area (Å²) in [5, 5.41) is 21.2. The average Bonchev–Trinajstić information content (AvgIpc) is 3.09. The van der Waals surface area contributed by atoms with Crippen molar-refractivity contribution < 1.29 is 9.90 Å². The Morgan fingerprint density at radius 1 is 1.20 bits per heavy atom. The summed E-state index contributed by atoms with van der Waals surface area (Å²) >= 11 is 0. The van der Waals surface area contributed by atoms with E-state index >= 15 is 0 Å². The Hall–Kier alpha value is -2.32. The maximum absolute atomic E-state index is 12.5. The molecule has 0 saturated carbocycles. The molecule has 0 unspecified atom stereocenters. The second-order valence-electron chi connectivity index (χ2n) is 6.37. The monoisotopic (exact) mass is 344 g/mol. The van der Waals surface area contributed by atoms with Crippen LogP contribution in [0.15, 0.2) is 30.3 Å². The summed E-state index contributed by atoms with van der Waals surface area (Å²) in [6.45, 7) is 5.46. The molecule has 1 N–H and O–H groups in total. The zero-order valence-electron chi connectivity index (χ0n) is 14.5. The molecule has 1 aromatic heterocycles. The van der Waals surface area contributed by atoms with Gasteiger partial charge in [0.05, 0.1) is 11.8 Å². The van der Waals surface area contributed by atoms with Crippen molar-refractivity contribution >= 4 is 5.91 Å². The summed E-state index contributed by atoms with van der Waals surface area (Å²) in [6, 6.07) is 9.66. The zero-order chi connectivity index (χ0) is 17.6. The van der Waals surface area contributed by atoms with E-state index in [2.05, 4.69) is 20.4 Å². The normalized spacial score (nSPS) is 16.8. The number of rotatable bonds is 6. The lowest BCUT2D eigenvalue weighted by atomic mass is 10.2. The third kappa shape index (κ3) is 4.61. The molecule has 8 heteroatoms. The van der Waals surface area contributed by atoms with E-state index in [0.717, 1.165) is 18.8 Å². The van der Waals surface area contributed by atoms with E-state index in [0.29, 0.717) is 38.3 Å². The highest BCUT2D eigenvalue weighted by Crippen LogP contribution is 2.10. The van der Waals surface area contributed by atoms with Crippen molar-refractivity contribution in [2.45, 2.75) is 25.9 Å². The standard InChI is InChI=1S/C17H24N6O2/c1-14(24)13-21-9-11-22(12-10-21)17(25)8-7-16-18-19-20-23(16)15-5-3-2-4-6-15/h2-6,14,24H,7-13H2,1H3/t14-/m1/s1. The van der Waals surface area contributed by atoms with E-state index in [9.17, 15) is 9.90 Å². The van der Waals surface area contributed by atoms with Gasteiger partial charge in [-0.3, -0.25) is 9.69 Å². The predicted molar refractivity (Wildman–Crippen MR) is 92.2 cm³/mol. The lowest BCUT2D eigenvalue weighted by molar-refractivity contribution is -0.133. The molecule has 25 heavy (non-hydrogen) atoms. The highest BCUT2D eigenvalue weighted by molar-refractivity contribution is 5.76. The van der Waals surface area contributed by atoms with Crippen LogP contribution >= 0.6 is 0 Å². The summed E-state index contributed by atoms with van der Waals surface area (Å²) in [5.41, 5.74) is 0.890. The molecule has 1 fully saturated rings. The molecule has 1 saturated heterocycles. The van der Waals surface area contributed by atoms with Crippen LogP contribution in [0.3, 0.4) is 0 Å². The summed E-state index contributed by atoms with van der Waals surface area (Å²) in [6.07, 6.45) is 0.567. The van der Waals surface area contributed by atoms with Gasteiger partial charge in [-0.1, -0.05) is 18.2 Å². The average molecular weight is 344 g/mol.